The van der Waals surface area contributed by atoms with Crippen LogP contribution in [-0.2, 0) is 0 Å². The van der Waals surface area contributed by atoms with E-state index in [2.05, 4.69) is 5.32 Å². The molecule has 2 atom stereocenters. The first-order valence-electron chi connectivity index (χ1n) is 6.10. The van der Waals surface area contributed by atoms with Gasteiger partial charge in [0.1, 0.15) is 0 Å². The van der Waals surface area contributed by atoms with Gasteiger partial charge < -0.3 is 11.1 Å². The van der Waals surface area contributed by atoms with Gasteiger partial charge in [-0.2, -0.15) is 0 Å². The van der Waals surface area contributed by atoms with Gasteiger partial charge in [-0.1, -0.05) is 42.1 Å². The fourth-order valence-electron chi connectivity index (χ4n) is 2.26. The zero-order chi connectivity index (χ0) is 13.1. The smallest absolute Gasteiger partial charge is 0.253 e. The van der Waals surface area contributed by atoms with Crippen molar-refractivity contribution in [1.82, 2.24) is 5.32 Å². The first-order chi connectivity index (χ1) is 8.59. The van der Waals surface area contributed by atoms with Crippen molar-refractivity contribution < 1.29 is 4.79 Å². The van der Waals surface area contributed by atoms with E-state index >= 15 is 0 Å². The van der Waals surface area contributed by atoms with Crippen LogP contribution in [0.3, 0.4) is 0 Å². The van der Waals surface area contributed by atoms with Crippen LogP contribution in [-0.4, -0.2) is 18.0 Å². The summed E-state index contributed by atoms with van der Waals surface area (Å²) in [7, 11) is 0. The summed E-state index contributed by atoms with van der Waals surface area (Å²) in [6.07, 6.45) is 4.10. The van der Waals surface area contributed by atoms with E-state index in [4.69, 9.17) is 28.9 Å². The van der Waals surface area contributed by atoms with Gasteiger partial charge in [0.2, 0.25) is 0 Å². The highest BCUT2D eigenvalue weighted by atomic mass is 35.5. The highest BCUT2D eigenvalue weighted by Crippen LogP contribution is 2.26. The zero-order valence-electron chi connectivity index (χ0n) is 9.96. The number of amides is 1. The van der Waals surface area contributed by atoms with Crippen molar-refractivity contribution in [3.8, 4) is 0 Å². The Bertz CT molecular complexity index is 451. The van der Waals surface area contributed by atoms with E-state index in [9.17, 15) is 4.79 Å². The molecule has 0 saturated heterocycles. The van der Waals surface area contributed by atoms with E-state index in [1.165, 1.54) is 0 Å². The lowest BCUT2D eigenvalue weighted by Gasteiger charge is -2.29. The van der Waals surface area contributed by atoms with Crippen LogP contribution in [0, 0.1) is 0 Å². The van der Waals surface area contributed by atoms with Gasteiger partial charge in [-0.05, 0) is 25.0 Å². The number of carbonyl (C=O) groups excluding carboxylic acids is 1. The molecule has 1 aromatic rings. The Balaban J connectivity index is 2.09. The first kappa shape index (κ1) is 13.7. The minimum Gasteiger partial charge on any atom is -0.348 e. The first-order valence-corrected chi connectivity index (χ1v) is 6.85. The fourth-order valence-corrected chi connectivity index (χ4v) is 2.65. The molecule has 0 aromatic heterocycles. The molecule has 18 heavy (non-hydrogen) atoms. The summed E-state index contributed by atoms with van der Waals surface area (Å²) < 4.78 is 0. The molecular formula is C13H16Cl2N2O. The summed E-state index contributed by atoms with van der Waals surface area (Å²) >= 11 is 11.9. The van der Waals surface area contributed by atoms with Crippen molar-refractivity contribution in [2.45, 2.75) is 37.8 Å². The topological polar surface area (TPSA) is 55.1 Å². The lowest BCUT2D eigenvalue weighted by molar-refractivity contribution is 0.0921. The van der Waals surface area contributed by atoms with Gasteiger partial charge in [0, 0.05) is 12.1 Å². The molecule has 0 bridgehead atoms. The van der Waals surface area contributed by atoms with Crippen molar-refractivity contribution in [1.29, 1.82) is 0 Å². The number of rotatable bonds is 2. The highest BCUT2D eigenvalue weighted by molar-refractivity contribution is 6.43. The third-order valence-electron chi connectivity index (χ3n) is 3.33. The predicted octanol–water partition coefficient (Wildman–Crippen LogP) is 2.99. The Hall–Kier alpha value is -0.770. The Kier molecular flexibility index (Phi) is 4.49. The molecule has 1 aliphatic carbocycles. The quantitative estimate of drug-likeness (QED) is 0.878. The minimum atomic E-state index is -0.204. The monoisotopic (exact) mass is 286 g/mol. The van der Waals surface area contributed by atoms with Crippen LogP contribution in [0.2, 0.25) is 10.0 Å². The molecule has 0 aliphatic heterocycles. The number of halogens is 2. The number of hydrogen-bond acceptors (Lipinski definition) is 2. The molecule has 0 unspecified atom stereocenters. The molecule has 1 aromatic carbocycles. The van der Waals surface area contributed by atoms with Gasteiger partial charge in [-0.15, -0.1) is 0 Å². The SMILES string of the molecule is N[C@@H]1CCCC[C@H]1NC(=O)c1cccc(Cl)c1Cl. The Morgan fingerprint density at radius 1 is 1.28 bits per heavy atom. The molecule has 1 saturated carbocycles. The van der Waals surface area contributed by atoms with Crippen molar-refractivity contribution >= 4 is 29.1 Å². The van der Waals surface area contributed by atoms with Crippen molar-refractivity contribution in [2.75, 3.05) is 0 Å². The molecule has 1 amide bonds. The Morgan fingerprint density at radius 3 is 2.72 bits per heavy atom. The van der Waals surface area contributed by atoms with Gasteiger partial charge in [-0.3, -0.25) is 4.79 Å². The van der Waals surface area contributed by atoms with Crippen LogP contribution in [0.15, 0.2) is 18.2 Å². The third-order valence-corrected chi connectivity index (χ3v) is 4.15. The molecular weight excluding hydrogens is 271 g/mol. The van der Waals surface area contributed by atoms with Gasteiger partial charge >= 0.3 is 0 Å². The Morgan fingerprint density at radius 2 is 2.00 bits per heavy atom. The number of hydrogen-bond donors (Lipinski definition) is 2. The summed E-state index contributed by atoms with van der Waals surface area (Å²) in [6, 6.07) is 5.09. The summed E-state index contributed by atoms with van der Waals surface area (Å²) in [6.45, 7) is 0. The third kappa shape index (κ3) is 2.97. The lowest BCUT2D eigenvalue weighted by atomic mass is 9.91. The van der Waals surface area contributed by atoms with E-state index in [-0.39, 0.29) is 18.0 Å². The van der Waals surface area contributed by atoms with Crippen LogP contribution in [0.25, 0.3) is 0 Å². The molecule has 2 rings (SSSR count). The normalized spacial score (nSPS) is 23.7. The van der Waals surface area contributed by atoms with Gasteiger partial charge in [-0.25, -0.2) is 0 Å². The number of carbonyl (C=O) groups is 1. The number of nitrogens with two attached hydrogens (primary N) is 1. The number of nitrogens with one attached hydrogen (secondary N) is 1. The summed E-state index contributed by atoms with van der Waals surface area (Å²) in [4.78, 5) is 12.1. The van der Waals surface area contributed by atoms with Crippen LogP contribution < -0.4 is 11.1 Å². The van der Waals surface area contributed by atoms with Crippen LogP contribution in [0.5, 0.6) is 0 Å². The maximum Gasteiger partial charge on any atom is 0.253 e. The second kappa shape index (κ2) is 5.91. The van der Waals surface area contributed by atoms with E-state index in [1.54, 1.807) is 18.2 Å². The fraction of sp³-hybridized carbons (Fsp3) is 0.462. The summed E-state index contributed by atoms with van der Waals surface area (Å²) in [5.41, 5.74) is 6.40. The van der Waals surface area contributed by atoms with E-state index in [0.717, 1.165) is 25.7 Å². The second-order valence-corrected chi connectivity index (χ2v) is 5.41. The molecule has 98 valence electrons. The van der Waals surface area contributed by atoms with Gasteiger partial charge in [0.15, 0.2) is 0 Å². The van der Waals surface area contributed by atoms with Gasteiger partial charge in [0.05, 0.1) is 15.6 Å². The predicted molar refractivity (Wildman–Crippen MR) is 74.2 cm³/mol. The number of benzene rings is 1. The molecule has 3 N–H and O–H groups in total. The molecule has 1 aliphatic rings. The second-order valence-electron chi connectivity index (χ2n) is 4.63. The van der Waals surface area contributed by atoms with Crippen LogP contribution in [0.4, 0.5) is 0 Å². The maximum atomic E-state index is 12.1. The minimum absolute atomic E-state index is 0.0284. The van der Waals surface area contributed by atoms with Gasteiger partial charge in [0.25, 0.3) is 5.91 Å². The standard InChI is InChI=1S/C13H16Cl2N2O/c14-9-5-3-4-8(12(9)15)13(18)17-11-7-2-1-6-10(11)16/h3-5,10-11H,1-2,6-7,16H2,(H,17,18)/t10-,11-/m1/s1. The molecule has 5 heteroatoms. The maximum absolute atomic E-state index is 12.1. The van der Waals surface area contributed by atoms with Crippen molar-refractivity contribution in [2.24, 2.45) is 5.73 Å². The summed E-state index contributed by atoms with van der Waals surface area (Å²) in [5, 5.41) is 3.62. The Labute approximate surface area is 117 Å². The molecule has 3 nitrogen and oxygen atoms in total. The largest absolute Gasteiger partial charge is 0.348 e. The molecule has 0 heterocycles. The zero-order valence-corrected chi connectivity index (χ0v) is 11.5. The van der Waals surface area contributed by atoms with E-state index < -0.39 is 0 Å². The lowest BCUT2D eigenvalue weighted by Crippen LogP contribution is -2.49. The average Bonchev–Trinajstić information content (AvgIpc) is 2.35. The molecule has 1 fully saturated rings. The van der Waals surface area contributed by atoms with E-state index in [1.807, 2.05) is 0 Å². The van der Waals surface area contributed by atoms with Crippen molar-refractivity contribution in [3.05, 3.63) is 33.8 Å². The van der Waals surface area contributed by atoms with Crippen molar-refractivity contribution in [3.63, 3.8) is 0 Å². The highest BCUT2D eigenvalue weighted by Gasteiger charge is 2.24. The average molecular weight is 287 g/mol. The van der Waals surface area contributed by atoms with Crippen LogP contribution >= 0.6 is 23.2 Å². The molecule has 0 radical (unpaired) electrons. The van der Waals surface area contributed by atoms with E-state index in [0.29, 0.717) is 15.6 Å². The molecule has 0 spiro atoms. The van der Waals surface area contributed by atoms with Crippen LogP contribution in [0.1, 0.15) is 36.0 Å². The summed E-state index contributed by atoms with van der Waals surface area (Å²) in [5.74, 6) is -0.204.